The molecule has 1 unspecified atom stereocenters. The number of likely N-dealkylation sites (tertiary alicyclic amines) is 1. The molecule has 0 saturated carbocycles. The van der Waals surface area contributed by atoms with Crippen molar-refractivity contribution in [3.63, 3.8) is 0 Å². The van der Waals surface area contributed by atoms with Crippen molar-refractivity contribution in [1.82, 2.24) is 10.2 Å². The molecule has 0 radical (unpaired) electrons. The first-order valence-corrected chi connectivity index (χ1v) is 7.20. The summed E-state index contributed by atoms with van der Waals surface area (Å²) in [5.41, 5.74) is 0. The number of carbonyl (C=O) groups is 3. The number of nitrogens with one attached hydrogen (secondary N) is 1. The van der Waals surface area contributed by atoms with Crippen LogP contribution in [-0.2, 0) is 23.9 Å². The molecule has 1 fully saturated rings. The van der Waals surface area contributed by atoms with Crippen molar-refractivity contribution in [2.24, 2.45) is 5.92 Å². The van der Waals surface area contributed by atoms with Crippen LogP contribution in [0.3, 0.4) is 0 Å². The van der Waals surface area contributed by atoms with E-state index in [0.717, 1.165) is 19.4 Å². The zero-order chi connectivity index (χ0) is 15.7. The fraction of sp³-hybridized carbons (Fsp3) is 0.786. The maximum Gasteiger partial charge on any atom is 0.309 e. The summed E-state index contributed by atoms with van der Waals surface area (Å²) in [5.74, 6) is -0.722. The third-order valence-electron chi connectivity index (χ3n) is 3.51. The molecule has 1 saturated heterocycles. The van der Waals surface area contributed by atoms with Crippen LogP contribution in [0.1, 0.15) is 25.7 Å². The predicted octanol–water partition coefficient (Wildman–Crippen LogP) is -0.0592. The molecule has 1 amide bonds. The monoisotopic (exact) mass is 300 g/mol. The van der Waals surface area contributed by atoms with Gasteiger partial charge in [0, 0.05) is 19.5 Å². The number of methoxy groups -OCH3 is 2. The zero-order valence-corrected chi connectivity index (χ0v) is 12.7. The van der Waals surface area contributed by atoms with Crippen molar-refractivity contribution in [3.05, 3.63) is 0 Å². The van der Waals surface area contributed by atoms with Gasteiger partial charge in [-0.2, -0.15) is 0 Å². The van der Waals surface area contributed by atoms with Crippen LogP contribution in [0.25, 0.3) is 0 Å². The van der Waals surface area contributed by atoms with Gasteiger partial charge in [-0.15, -0.1) is 0 Å². The fourth-order valence-corrected chi connectivity index (χ4v) is 2.38. The van der Waals surface area contributed by atoms with Crippen LogP contribution in [0.2, 0.25) is 0 Å². The van der Waals surface area contributed by atoms with E-state index >= 15 is 0 Å². The summed E-state index contributed by atoms with van der Waals surface area (Å²) in [4.78, 5) is 36.2. The van der Waals surface area contributed by atoms with Crippen LogP contribution in [-0.4, -0.2) is 63.1 Å². The molecule has 0 aromatic rings. The Balaban J connectivity index is 2.21. The highest BCUT2D eigenvalue weighted by Gasteiger charge is 2.27. The highest BCUT2D eigenvalue weighted by molar-refractivity contribution is 5.78. The summed E-state index contributed by atoms with van der Waals surface area (Å²) < 4.78 is 9.27. The lowest BCUT2D eigenvalue weighted by Gasteiger charge is -2.30. The van der Waals surface area contributed by atoms with Crippen molar-refractivity contribution in [1.29, 1.82) is 0 Å². The summed E-state index contributed by atoms with van der Waals surface area (Å²) in [7, 11) is 2.73. The number of hydrogen-bond acceptors (Lipinski definition) is 6. The van der Waals surface area contributed by atoms with Crippen LogP contribution >= 0.6 is 0 Å². The molecule has 7 heteroatoms. The van der Waals surface area contributed by atoms with Gasteiger partial charge in [-0.05, 0) is 25.8 Å². The summed E-state index contributed by atoms with van der Waals surface area (Å²) in [6, 6.07) is 0. The lowest BCUT2D eigenvalue weighted by Crippen LogP contribution is -2.44. The second-order valence-corrected chi connectivity index (χ2v) is 5.13. The van der Waals surface area contributed by atoms with E-state index in [1.807, 2.05) is 4.90 Å². The van der Waals surface area contributed by atoms with Crippen LogP contribution in [0.4, 0.5) is 0 Å². The maximum absolute atomic E-state index is 11.8. The lowest BCUT2D eigenvalue weighted by molar-refractivity contribution is -0.147. The fourth-order valence-electron chi connectivity index (χ4n) is 2.38. The van der Waals surface area contributed by atoms with Gasteiger partial charge >= 0.3 is 11.9 Å². The van der Waals surface area contributed by atoms with Gasteiger partial charge in [0.15, 0.2) is 0 Å². The highest BCUT2D eigenvalue weighted by Crippen LogP contribution is 2.17. The molecule has 1 rings (SSSR count). The van der Waals surface area contributed by atoms with E-state index in [1.54, 1.807) is 0 Å². The van der Waals surface area contributed by atoms with Gasteiger partial charge in [-0.1, -0.05) is 0 Å². The smallest absolute Gasteiger partial charge is 0.309 e. The Bertz CT molecular complexity index is 372. The number of amides is 1. The zero-order valence-electron chi connectivity index (χ0n) is 12.7. The molecule has 1 aliphatic rings. The van der Waals surface area contributed by atoms with Gasteiger partial charge in [0.25, 0.3) is 0 Å². The molecule has 1 atom stereocenters. The van der Waals surface area contributed by atoms with Crippen LogP contribution < -0.4 is 5.32 Å². The summed E-state index contributed by atoms with van der Waals surface area (Å²) in [6.07, 6.45) is 2.55. The average Bonchev–Trinajstić information content (AvgIpc) is 2.50. The van der Waals surface area contributed by atoms with Crippen LogP contribution in [0.15, 0.2) is 0 Å². The minimum atomic E-state index is -0.277. The van der Waals surface area contributed by atoms with Crippen LogP contribution in [0, 0.1) is 5.92 Å². The molecule has 0 bridgehead atoms. The normalized spacial score (nSPS) is 18.9. The van der Waals surface area contributed by atoms with Gasteiger partial charge in [-0.25, -0.2) is 0 Å². The van der Waals surface area contributed by atoms with E-state index in [2.05, 4.69) is 10.1 Å². The number of esters is 2. The van der Waals surface area contributed by atoms with Gasteiger partial charge in [0.05, 0.1) is 26.7 Å². The standard InChI is InChI=1S/C14H24N2O5/c1-20-13(18)6-3-7-15-12(17)10-16-8-4-5-11(9-16)14(19)21-2/h11H,3-10H2,1-2H3,(H,15,17). The van der Waals surface area contributed by atoms with E-state index in [9.17, 15) is 14.4 Å². The van der Waals surface area contributed by atoms with Gasteiger partial charge in [-0.3, -0.25) is 19.3 Å². The molecule has 0 spiro atoms. The molecule has 0 aliphatic carbocycles. The van der Waals surface area contributed by atoms with E-state index < -0.39 is 0 Å². The van der Waals surface area contributed by atoms with Gasteiger partial charge in [0.1, 0.15) is 0 Å². The van der Waals surface area contributed by atoms with Crippen molar-refractivity contribution >= 4 is 17.8 Å². The molecule has 7 nitrogen and oxygen atoms in total. The molecule has 1 aliphatic heterocycles. The van der Waals surface area contributed by atoms with Crippen molar-refractivity contribution in [2.75, 3.05) is 40.4 Å². The first kappa shape index (κ1) is 17.4. The third-order valence-corrected chi connectivity index (χ3v) is 3.51. The van der Waals surface area contributed by atoms with Crippen LogP contribution in [0.5, 0.6) is 0 Å². The Kier molecular flexibility index (Phi) is 7.74. The SMILES string of the molecule is COC(=O)CCCNC(=O)CN1CCCC(C(=O)OC)C1. The molecule has 21 heavy (non-hydrogen) atoms. The Morgan fingerprint density at radius 2 is 2.00 bits per heavy atom. The Morgan fingerprint density at radius 3 is 2.67 bits per heavy atom. The van der Waals surface area contributed by atoms with E-state index in [0.29, 0.717) is 25.9 Å². The van der Waals surface area contributed by atoms with E-state index in [4.69, 9.17) is 4.74 Å². The quantitative estimate of drug-likeness (QED) is 0.524. The molecule has 0 aromatic heterocycles. The molecule has 1 heterocycles. The minimum Gasteiger partial charge on any atom is -0.469 e. The Morgan fingerprint density at radius 1 is 1.24 bits per heavy atom. The number of hydrogen-bond donors (Lipinski definition) is 1. The van der Waals surface area contributed by atoms with Crippen molar-refractivity contribution in [3.8, 4) is 0 Å². The maximum atomic E-state index is 11.8. The molecular formula is C14H24N2O5. The summed E-state index contributed by atoms with van der Waals surface area (Å²) in [5, 5.41) is 2.76. The van der Waals surface area contributed by atoms with Crippen molar-refractivity contribution < 1.29 is 23.9 Å². The lowest BCUT2D eigenvalue weighted by atomic mass is 9.98. The van der Waals surface area contributed by atoms with E-state index in [-0.39, 0.29) is 30.3 Å². The van der Waals surface area contributed by atoms with Gasteiger partial charge in [0.2, 0.25) is 5.91 Å². The van der Waals surface area contributed by atoms with E-state index in [1.165, 1.54) is 14.2 Å². The number of piperidine rings is 1. The summed E-state index contributed by atoms with van der Waals surface area (Å²) in [6.45, 7) is 2.08. The first-order valence-electron chi connectivity index (χ1n) is 7.20. The minimum absolute atomic E-state index is 0.0922. The predicted molar refractivity (Wildman–Crippen MR) is 75.4 cm³/mol. The molecule has 120 valence electrons. The number of nitrogens with zero attached hydrogens (tertiary/aromatic N) is 1. The third kappa shape index (κ3) is 6.57. The Labute approximate surface area is 124 Å². The summed E-state index contributed by atoms with van der Waals surface area (Å²) >= 11 is 0. The van der Waals surface area contributed by atoms with Crippen molar-refractivity contribution in [2.45, 2.75) is 25.7 Å². The largest absolute Gasteiger partial charge is 0.469 e. The highest BCUT2D eigenvalue weighted by atomic mass is 16.5. The second kappa shape index (κ2) is 9.33. The average molecular weight is 300 g/mol. The number of ether oxygens (including phenoxy) is 2. The number of rotatable bonds is 7. The number of carbonyl (C=O) groups excluding carboxylic acids is 3. The van der Waals surface area contributed by atoms with Gasteiger partial charge < -0.3 is 14.8 Å². The topological polar surface area (TPSA) is 84.9 Å². The molecular weight excluding hydrogens is 276 g/mol. The molecule has 0 aromatic carbocycles. The Hall–Kier alpha value is -1.63. The molecule has 1 N–H and O–H groups in total. The second-order valence-electron chi connectivity index (χ2n) is 5.13. The first-order chi connectivity index (χ1) is 10.1.